The number of hydrogen-bond acceptors (Lipinski definition) is 3. The molecule has 0 radical (unpaired) electrons. The van der Waals surface area contributed by atoms with Crippen molar-refractivity contribution >= 4 is 33.9 Å². The summed E-state index contributed by atoms with van der Waals surface area (Å²) in [6.45, 7) is 0.678. The highest BCUT2D eigenvalue weighted by Gasteiger charge is 2.05. The number of halogens is 1. The van der Waals surface area contributed by atoms with Crippen LogP contribution in [0.25, 0.3) is 10.8 Å². The molecule has 2 aromatic carbocycles. The Balaban J connectivity index is 1.89. The molecular formula is C16H14ClN3. The molecule has 0 aliphatic rings. The van der Waals surface area contributed by atoms with Crippen molar-refractivity contribution in [3.63, 3.8) is 0 Å². The number of nitrogen functional groups attached to an aromatic ring is 1. The highest BCUT2D eigenvalue weighted by atomic mass is 35.5. The van der Waals surface area contributed by atoms with Crippen LogP contribution in [0.1, 0.15) is 5.56 Å². The SMILES string of the molecule is Nc1cccc2ccnc(NCc3ccc(Cl)cc3)c12. The van der Waals surface area contributed by atoms with Gasteiger partial charge in [0.15, 0.2) is 0 Å². The zero-order valence-corrected chi connectivity index (χ0v) is 11.6. The molecule has 0 bridgehead atoms. The maximum absolute atomic E-state index is 6.05. The molecular weight excluding hydrogens is 270 g/mol. The summed E-state index contributed by atoms with van der Waals surface area (Å²) in [7, 11) is 0. The second-order valence-corrected chi connectivity index (χ2v) is 5.02. The number of anilines is 2. The topological polar surface area (TPSA) is 50.9 Å². The van der Waals surface area contributed by atoms with Gasteiger partial charge in [-0.2, -0.15) is 0 Å². The van der Waals surface area contributed by atoms with Crippen molar-refractivity contribution in [3.05, 3.63) is 65.3 Å². The molecule has 3 nitrogen and oxygen atoms in total. The smallest absolute Gasteiger partial charge is 0.136 e. The first-order valence-corrected chi connectivity index (χ1v) is 6.73. The molecule has 0 fully saturated rings. The summed E-state index contributed by atoms with van der Waals surface area (Å²) < 4.78 is 0. The van der Waals surface area contributed by atoms with Crippen LogP contribution in [0.3, 0.4) is 0 Å². The van der Waals surface area contributed by atoms with E-state index in [4.69, 9.17) is 17.3 Å². The Morgan fingerprint density at radius 2 is 1.85 bits per heavy atom. The van der Waals surface area contributed by atoms with Crippen LogP contribution >= 0.6 is 11.6 Å². The summed E-state index contributed by atoms with van der Waals surface area (Å²) in [4.78, 5) is 4.38. The van der Waals surface area contributed by atoms with Gasteiger partial charge in [0.1, 0.15) is 5.82 Å². The van der Waals surface area contributed by atoms with E-state index in [1.54, 1.807) is 6.20 Å². The van der Waals surface area contributed by atoms with E-state index in [0.717, 1.165) is 32.9 Å². The van der Waals surface area contributed by atoms with Crippen LogP contribution in [0.5, 0.6) is 0 Å². The normalized spacial score (nSPS) is 10.7. The van der Waals surface area contributed by atoms with Gasteiger partial charge in [-0.1, -0.05) is 35.9 Å². The number of nitrogens with two attached hydrogens (primary N) is 1. The lowest BCUT2D eigenvalue weighted by molar-refractivity contribution is 1.12. The van der Waals surface area contributed by atoms with Crippen LogP contribution < -0.4 is 11.1 Å². The highest BCUT2D eigenvalue weighted by Crippen LogP contribution is 2.27. The van der Waals surface area contributed by atoms with Gasteiger partial charge in [-0.15, -0.1) is 0 Å². The molecule has 0 aliphatic heterocycles. The van der Waals surface area contributed by atoms with Crippen LogP contribution in [-0.4, -0.2) is 4.98 Å². The molecule has 4 heteroatoms. The van der Waals surface area contributed by atoms with Gasteiger partial charge < -0.3 is 11.1 Å². The quantitative estimate of drug-likeness (QED) is 0.712. The molecule has 0 saturated carbocycles. The Labute approximate surface area is 122 Å². The van der Waals surface area contributed by atoms with Crippen molar-refractivity contribution in [2.24, 2.45) is 0 Å². The Morgan fingerprint density at radius 3 is 2.65 bits per heavy atom. The van der Waals surface area contributed by atoms with E-state index < -0.39 is 0 Å². The fourth-order valence-electron chi connectivity index (χ4n) is 2.18. The summed E-state index contributed by atoms with van der Waals surface area (Å²) in [5.74, 6) is 0.801. The minimum Gasteiger partial charge on any atom is -0.398 e. The van der Waals surface area contributed by atoms with Gasteiger partial charge >= 0.3 is 0 Å². The summed E-state index contributed by atoms with van der Waals surface area (Å²) >= 11 is 5.88. The molecule has 3 N–H and O–H groups in total. The predicted molar refractivity (Wildman–Crippen MR) is 84.9 cm³/mol. The average molecular weight is 284 g/mol. The average Bonchev–Trinajstić information content (AvgIpc) is 2.47. The number of hydrogen-bond donors (Lipinski definition) is 2. The van der Waals surface area contributed by atoms with Crippen molar-refractivity contribution < 1.29 is 0 Å². The van der Waals surface area contributed by atoms with Crippen LogP contribution in [0.15, 0.2) is 54.7 Å². The largest absolute Gasteiger partial charge is 0.398 e. The first-order valence-electron chi connectivity index (χ1n) is 6.35. The van der Waals surface area contributed by atoms with Gasteiger partial charge in [-0.3, -0.25) is 0 Å². The summed E-state index contributed by atoms with van der Waals surface area (Å²) in [5.41, 5.74) is 7.92. The van der Waals surface area contributed by atoms with Crippen molar-refractivity contribution in [1.29, 1.82) is 0 Å². The molecule has 3 aromatic rings. The molecule has 0 unspecified atom stereocenters. The number of nitrogens with one attached hydrogen (secondary N) is 1. The third-order valence-corrected chi connectivity index (χ3v) is 3.45. The lowest BCUT2D eigenvalue weighted by Crippen LogP contribution is -2.03. The van der Waals surface area contributed by atoms with Gasteiger partial charge in [0, 0.05) is 28.8 Å². The fraction of sp³-hybridized carbons (Fsp3) is 0.0625. The van der Waals surface area contributed by atoms with Crippen LogP contribution in [0, 0.1) is 0 Å². The monoisotopic (exact) mass is 283 g/mol. The van der Waals surface area contributed by atoms with Gasteiger partial charge in [0.2, 0.25) is 0 Å². The Bertz CT molecular complexity index is 733. The first kappa shape index (κ1) is 12.8. The Morgan fingerprint density at radius 1 is 1.05 bits per heavy atom. The van der Waals surface area contributed by atoms with Crippen molar-refractivity contribution in [2.75, 3.05) is 11.1 Å². The maximum Gasteiger partial charge on any atom is 0.136 e. The number of nitrogens with zero attached hydrogens (tertiary/aromatic N) is 1. The van der Waals surface area contributed by atoms with Gasteiger partial charge in [0.25, 0.3) is 0 Å². The van der Waals surface area contributed by atoms with Crippen molar-refractivity contribution in [2.45, 2.75) is 6.54 Å². The van der Waals surface area contributed by atoms with Crippen molar-refractivity contribution in [1.82, 2.24) is 4.98 Å². The van der Waals surface area contributed by atoms with E-state index in [2.05, 4.69) is 10.3 Å². The highest BCUT2D eigenvalue weighted by molar-refractivity contribution is 6.30. The minimum atomic E-state index is 0.678. The Hall–Kier alpha value is -2.26. The maximum atomic E-state index is 6.05. The Kier molecular flexibility index (Phi) is 3.44. The third-order valence-electron chi connectivity index (χ3n) is 3.20. The summed E-state index contributed by atoms with van der Waals surface area (Å²) in [6.07, 6.45) is 1.78. The van der Waals surface area contributed by atoms with E-state index in [-0.39, 0.29) is 0 Å². The molecule has 0 amide bonds. The van der Waals surface area contributed by atoms with Crippen molar-refractivity contribution in [3.8, 4) is 0 Å². The molecule has 100 valence electrons. The fourth-order valence-corrected chi connectivity index (χ4v) is 2.31. The van der Waals surface area contributed by atoms with Crippen LogP contribution in [0.4, 0.5) is 11.5 Å². The van der Waals surface area contributed by atoms with Gasteiger partial charge in [0.05, 0.1) is 0 Å². The number of fused-ring (bicyclic) bond motifs is 1. The number of aromatic nitrogens is 1. The zero-order chi connectivity index (χ0) is 13.9. The van der Waals surface area contributed by atoms with E-state index in [9.17, 15) is 0 Å². The molecule has 0 spiro atoms. The van der Waals surface area contributed by atoms with Gasteiger partial charge in [-0.05, 0) is 35.2 Å². The van der Waals surface area contributed by atoms with Crippen LogP contribution in [-0.2, 0) is 6.54 Å². The molecule has 1 heterocycles. The molecule has 0 aliphatic carbocycles. The predicted octanol–water partition coefficient (Wildman–Crippen LogP) is 4.08. The molecule has 0 saturated heterocycles. The second-order valence-electron chi connectivity index (χ2n) is 4.58. The minimum absolute atomic E-state index is 0.678. The number of benzene rings is 2. The lowest BCUT2D eigenvalue weighted by atomic mass is 10.1. The van der Waals surface area contributed by atoms with E-state index in [1.807, 2.05) is 48.5 Å². The van der Waals surface area contributed by atoms with Gasteiger partial charge in [-0.25, -0.2) is 4.98 Å². The molecule has 20 heavy (non-hydrogen) atoms. The van der Waals surface area contributed by atoms with Crippen LogP contribution in [0.2, 0.25) is 5.02 Å². The zero-order valence-electron chi connectivity index (χ0n) is 10.8. The van der Waals surface area contributed by atoms with E-state index in [0.29, 0.717) is 6.54 Å². The standard InChI is InChI=1S/C16H14ClN3/c17-13-6-4-11(5-7-13)10-20-16-15-12(8-9-19-16)2-1-3-14(15)18/h1-9H,10,18H2,(H,19,20). The van der Waals surface area contributed by atoms with E-state index >= 15 is 0 Å². The molecule has 1 aromatic heterocycles. The molecule has 0 atom stereocenters. The summed E-state index contributed by atoms with van der Waals surface area (Å²) in [5, 5.41) is 6.11. The first-order chi connectivity index (χ1) is 9.74. The number of pyridine rings is 1. The summed E-state index contributed by atoms with van der Waals surface area (Å²) in [6, 6.07) is 15.6. The van der Waals surface area contributed by atoms with E-state index in [1.165, 1.54) is 0 Å². The molecule has 3 rings (SSSR count). The second kappa shape index (κ2) is 5.39. The number of rotatable bonds is 3. The lowest BCUT2D eigenvalue weighted by Gasteiger charge is -2.10. The third kappa shape index (κ3) is 2.53.